The van der Waals surface area contributed by atoms with Crippen molar-refractivity contribution in [3.63, 3.8) is 0 Å². The Hall–Kier alpha value is -3.05. The maximum atomic E-state index is 14.8. The first-order valence-electron chi connectivity index (χ1n) is 10.7. The van der Waals surface area contributed by atoms with E-state index in [1.54, 1.807) is 12.1 Å². The van der Waals surface area contributed by atoms with Gasteiger partial charge in [0.2, 0.25) is 0 Å². The third-order valence-electron chi connectivity index (χ3n) is 5.94. The Bertz CT molecular complexity index is 1170. The van der Waals surface area contributed by atoms with Crippen LogP contribution in [0.2, 0.25) is 0 Å². The van der Waals surface area contributed by atoms with Crippen molar-refractivity contribution in [2.24, 2.45) is 0 Å². The molecule has 1 unspecified atom stereocenters. The van der Waals surface area contributed by atoms with Crippen LogP contribution in [0.25, 0.3) is 0 Å². The van der Waals surface area contributed by atoms with Gasteiger partial charge in [-0.2, -0.15) is 8.42 Å². The van der Waals surface area contributed by atoms with Crippen molar-refractivity contribution in [1.82, 2.24) is 0 Å². The average Bonchev–Trinajstić information content (AvgIpc) is 3.19. The van der Waals surface area contributed by atoms with E-state index in [0.717, 1.165) is 44.2 Å². The Morgan fingerprint density at radius 1 is 1.15 bits per heavy atom. The Morgan fingerprint density at radius 2 is 1.91 bits per heavy atom. The van der Waals surface area contributed by atoms with Gasteiger partial charge in [-0.05, 0) is 42.5 Å². The Labute approximate surface area is 190 Å². The van der Waals surface area contributed by atoms with Gasteiger partial charge in [-0.3, -0.25) is 19.2 Å². The molecule has 1 atom stereocenters. The highest BCUT2D eigenvalue weighted by Gasteiger charge is 2.34. The van der Waals surface area contributed by atoms with E-state index in [1.807, 2.05) is 0 Å². The number of nitro groups is 1. The predicted octanol–water partition coefficient (Wildman–Crippen LogP) is 4.51. The molecule has 0 radical (unpaired) electrons. The molecule has 1 saturated heterocycles. The van der Waals surface area contributed by atoms with Crippen molar-refractivity contribution in [1.29, 1.82) is 0 Å². The van der Waals surface area contributed by atoms with Crippen LogP contribution in [-0.2, 0) is 19.0 Å². The maximum Gasteiger partial charge on any atom is 0.414 e. The summed E-state index contributed by atoms with van der Waals surface area (Å²) in [5.74, 6) is -0.196. The van der Waals surface area contributed by atoms with Crippen LogP contribution in [0.15, 0.2) is 47.4 Å². The molecule has 1 aliphatic heterocycles. The minimum atomic E-state index is -4.30. The molecular formula is C22H23FN2O7S. The summed E-state index contributed by atoms with van der Waals surface area (Å²) < 4.78 is 49.7. The number of nitro benzene ring substituents is 1. The lowest BCUT2D eigenvalue weighted by atomic mass is 9.84. The molecule has 1 heterocycles. The van der Waals surface area contributed by atoms with Gasteiger partial charge in [-0.15, -0.1) is 0 Å². The summed E-state index contributed by atoms with van der Waals surface area (Å²) in [6.07, 6.45) is 3.56. The normalized spacial score (nSPS) is 19.5. The standard InChI is InChI=1S/C22H23FN2O7S/c23-21-12-16(9-10-20(21)15-5-2-1-3-6-15)24-13-18(32-22(24)26)14-31-33(29,30)19-8-4-7-17(11-19)25(27)28/h4,7-12,15,18H,1-3,5-6,13-14H2. The molecule has 1 amide bonds. The van der Waals surface area contributed by atoms with E-state index in [1.165, 1.54) is 23.1 Å². The van der Waals surface area contributed by atoms with E-state index in [2.05, 4.69) is 0 Å². The van der Waals surface area contributed by atoms with Gasteiger partial charge >= 0.3 is 6.09 Å². The molecule has 33 heavy (non-hydrogen) atoms. The number of carbonyl (C=O) groups is 1. The van der Waals surface area contributed by atoms with E-state index in [0.29, 0.717) is 11.3 Å². The number of anilines is 1. The summed E-state index contributed by atoms with van der Waals surface area (Å²) in [5, 5.41) is 10.9. The molecular weight excluding hydrogens is 455 g/mol. The monoisotopic (exact) mass is 478 g/mol. The molecule has 4 rings (SSSR count). The highest BCUT2D eigenvalue weighted by atomic mass is 32.2. The van der Waals surface area contributed by atoms with Gasteiger partial charge < -0.3 is 4.74 Å². The molecule has 2 aromatic rings. The second kappa shape index (κ2) is 9.44. The topological polar surface area (TPSA) is 116 Å². The van der Waals surface area contributed by atoms with E-state index in [4.69, 9.17) is 8.92 Å². The van der Waals surface area contributed by atoms with Gasteiger partial charge in [0.15, 0.2) is 0 Å². The number of rotatable bonds is 7. The van der Waals surface area contributed by atoms with Gasteiger partial charge in [-0.25, -0.2) is 9.18 Å². The number of hydrogen-bond donors (Lipinski definition) is 0. The number of amides is 1. The highest BCUT2D eigenvalue weighted by Crippen LogP contribution is 2.35. The lowest BCUT2D eigenvalue weighted by Gasteiger charge is -2.23. The molecule has 0 spiro atoms. The molecule has 9 nitrogen and oxygen atoms in total. The van der Waals surface area contributed by atoms with Crippen LogP contribution in [0.1, 0.15) is 43.6 Å². The predicted molar refractivity (Wildman–Crippen MR) is 116 cm³/mol. The highest BCUT2D eigenvalue weighted by molar-refractivity contribution is 7.86. The molecule has 0 N–H and O–H groups in total. The van der Waals surface area contributed by atoms with Crippen molar-refractivity contribution in [3.05, 3.63) is 64.0 Å². The van der Waals surface area contributed by atoms with Crippen LogP contribution in [0.5, 0.6) is 0 Å². The molecule has 1 aliphatic carbocycles. The zero-order valence-corrected chi connectivity index (χ0v) is 18.5. The first kappa shape index (κ1) is 23.1. The lowest BCUT2D eigenvalue weighted by molar-refractivity contribution is -0.385. The van der Waals surface area contributed by atoms with Gasteiger partial charge in [0, 0.05) is 12.1 Å². The molecule has 2 fully saturated rings. The summed E-state index contributed by atoms with van der Waals surface area (Å²) in [6.45, 7) is -0.499. The van der Waals surface area contributed by atoms with Crippen LogP contribution >= 0.6 is 0 Å². The summed E-state index contributed by atoms with van der Waals surface area (Å²) in [7, 11) is -4.30. The van der Waals surface area contributed by atoms with E-state index < -0.39 is 39.5 Å². The molecule has 0 bridgehead atoms. The number of carbonyl (C=O) groups excluding carboxylic acids is 1. The number of cyclic esters (lactones) is 1. The molecule has 11 heteroatoms. The SMILES string of the molecule is O=C1OC(COS(=O)(=O)c2cccc([N+](=O)[O-])c2)CN1c1ccc(C2CCCCC2)c(F)c1. The van der Waals surface area contributed by atoms with Crippen LogP contribution in [0.3, 0.4) is 0 Å². The van der Waals surface area contributed by atoms with Gasteiger partial charge in [0.25, 0.3) is 15.8 Å². The molecule has 2 aromatic carbocycles. The summed E-state index contributed by atoms with van der Waals surface area (Å²) in [6, 6.07) is 9.12. The zero-order valence-electron chi connectivity index (χ0n) is 17.7. The summed E-state index contributed by atoms with van der Waals surface area (Å²) >= 11 is 0. The lowest BCUT2D eigenvalue weighted by Crippen LogP contribution is -2.27. The molecule has 176 valence electrons. The zero-order chi connectivity index (χ0) is 23.6. The fraction of sp³-hybridized carbons (Fsp3) is 0.409. The van der Waals surface area contributed by atoms with Crippen molar-refractivity contribution in [2.45, 2.75) is 49.0 Å². The fourth-order valence-corrected chi connectivity index (χ4v) is 5.21. The third-order valence-corrected chi connectivity index (χ3v) is 7.22. The van der Waals surface area contributed by atoms with Crippen molar-refractivity contribution < 1.29 is 31.4 Å². The minimum Gasteiger partial charge on any atom is -0.441 e. The van der Waals surface area contributed by atoms with Crippen LogP contribution in [-0.4, -0.2) is 38.7 Å². The first-order chi connectivity index (χ1) is 15.7. The molecule has 0 aromatic heterocycles. The van der Waals surface area contributed by atoms with Gasteiger partial charge in [0.05, 0.1) is 17.2 Å². The largest absolute Gasteiger partial charge is 0.441 e. The molecule has 1 saturated carbocycles. The van der Waals surface area contributed by atoms with Crippen molar-refractivity contribution in [2.75, 3.05) is 18.1 Å². The van der Waals surface area contributed by atoms with Crippen molar-refractivity contribution >= 4 is 27.6 Å². The quantitative estimate of drug-likeness (QED) is 0.326. The maximum absolute atomic E-state index is 14.8. The molecule has 2 aliphatic rings. The second-order valence-electron chi connectivity index (χ2n) is 8.15. The van der Waals surface area contributed by atoms with E-state index in [9.17, 15) is 27.7 Å². The minimum absolute atomic E-state index is 0.0223. The number of hydrogen-bond acceptors (Lipinski definition) is 7. The van der Waals surface area contributed by atoms with Gasteiger partial charge in [-0.1, -0.05) is 31.4 Å². The van der Waals surface area contributed by atoms with Crippen molar-refractivity contribution in [3.8, 4) is 0 Å². The van der Waals surface area contributed by atoms with E-state index >= 15 is 0 Å². The Morgan fingerprint density at radius 3 is 2.61 bits per heavy atom. The smallest absolute Gasteiger partial charge is 0.414 e. The number of nitrogens with zero attached hydrogens (tertiary/aromatic N) is 2. The Kier molecular flexibility index (Phi) is 6.61. The second-order valence-corrected chi connectivity index (χ2v) is 9.77. The number of ether oxygens (including phenoxy) is 1. The van der Waals surface area contributed by atoms with Crippen LogP contribution in [0, 0.1) is 15.9 Å². The van der Waals surface area contributed by atoms with Gasteiger partial charge in [0.1, 0.15) is 23.4 Å². The Balaban J connectivity index is 1.41. The van der Waals surface area contributed by atoms with Crippen LogP contribution in [0.4, 0.5) is 20.6 Å². The third kappa shape index (κ3) is 5.14. The van der Waals surface area contributed by atoms with Crippen LogP contribution < -0.4 is 4.90 Å². The summed E-state index contributed by atoms with van der Waals surface area (Å²) in [5.41, 5.74) is 0.576. The number of benzene rings is 2. The fourth-order valence-electron chi connectivity index (χ4n) is 4.23. The first-order valence-corrected chi connectivity index (χ1v) is 12.1. The summed E-state index contributed by atoms with van der Waals surface area (Å²) in [4.78, 5) is 23.3. The van der Waals surface area contributed by atoms with E-state index in [-0.39, 0.29) is 23.2 Å². The number of halogens is 1. The average molecular weight is 478 g/mol. The number of non-ortho nitro benzene ring substituents is 1.